The van der Waals surface area contributed by atoms with Crippen LogP contribution in [-0.2, 0) is 15.6 Å². The van der Waals surface area contributed by atoms with Gasteiger partial charge in [-0.25, -0.2) is 4.79 Å². The van der Waals surface area contributed by atoms with Crippen molar-refractivity contribution in [3.8, 4) is 5.75 Å². The minimum Gasteiger partial charge on any atom is -0.507 e. The minimum atomic E-state index is -1.03. The number of carbonyl (C=O) groups is 1. The molecule has 0 bridgehead atoms. The highest BCUT2D eigenvalue weighted by molar-refractivity contribution is 5.87. The van der Waals surface area contributed by atoms with Crippen molar-refractivity contribution in [2.45, 2.75) is 58.4 Å². The number of phenolic OH excluding ortho intramolecular Hbond substituents is 1. The number of aliphatic carboxylic acids is 1. The van der Waals surface area contributed by atoms with Gasteiger partial charge in [0.15, 0.2) is 6.04 Å². The number of carboxylic acid groups (broad SMARTS) is 1. The third-order valence-electron chi connectivity index (χ3n) is 4.53. The van der Waals surface area contributed by atoms with E-state index in [1.807, 2.05) is 39.0 Å². The van der Waals surface area contributed by atoms with Gasteiger partial charge in [-0.05, 0) is 28.0 Å². The predicted molar refractivity (Wildman–Crippen MR) is 110 cm³/mol. The molecule has 4 nitrogen and oxygen atoms in total. The summed E-state index contributed by atoms with van der Waals surface area (Å²) in [7, 11) is 0. The normalized spacial score (nSPS) is 13.7. The summed E-state index contributed by atoms with van der Waals surface area (Å²) < 4.78 is 0. The molecule has 2 rings (SSSR count). The largest absolute Gasteiger partial charge is 0.507 e. The molecule has 4 heteroatoms. The predicted octanol–water partition coefficient (Wildman–Crippen LogP) is 5.23. The Morgan fingerprint density at radius 1 is 1.00 bits per heavy atom. The van der Waals surface area contributed by atoms with Gasteiger partial charge in [0.2, 0.25) is 0 Å². The Balaban J connectivity index is 2.56. The Hall–Kier alpha value is -2.62. The van der Waals surface area contributed by atoms with Gasteiger partial charge in [0, 0.05) is 17.3 Å². The Kier molecular flexibility index (Phi) is 5.79. The zero-order chi connectivity index (χ0) is 20.4. The zero-order valence-corrected chi connectivity index (χ0v) is 16.9. The smallest absolute Gasteiger partial charge is 0.333 e. The van der Waals surface area contributed by atoms with Crippen LogP contribution in [0, 0.1) is 0 Å². The van der Waals surface area contributed by atoms with E-state index >= 15 is 0 Å². The molecule has 2 N–H and O–H groups in total. The molecule has 0 aliphatic heterocycles. The number of carboxylic acids is 1. The third-order valence-corrected chi connectivity index (χ3v) is 4.53. The van der Waals surface area contributed by atoms with E-state index in [1.54, 1.807) is 24.3 Å². The molecule has 144 valence electrons. The molecule has 0 amide bonds. The van der Waals surface area contributed by atoms with Crippen LogP contribution in [0.1, 0.15) is 69.8 Å². The Morgan fingerprint density at radius 3 is 2.07 bits per heavy atom. The number of aromatic hydroxyl groups is 1. The first-order valence-corrected chi connectivity index (χ1v) is 9.10. The van der Waals surface area contributed by atoms with Gasteiger partial charge in [-0.1, -0.05) is 77.9 Å². The molecule has 1 atom stereocenters. The van der Waals surface area contributed by atoms with E-state index in [2.05, 4.69) is 25.8 Å². The lowest BCUT2D eigenvalue weighted by atomic mass is 9.79. The van der Waals surface area contributed by atoms with Crippen LogP contribution in [-0.4, -0.2) is 22.4 Å². The van der Waals surface area contributed by atoms with Crippen LogP contribution >= 0.6 is 0 Å². The van der Waals surface area contributed by atoms with Gasteiger partial charge in [-0.3, -0.25) is 4.99 Å². The van der Waals surface area contributed by atoms with Crippen LogP contribution in [0.2, 0.25) is 0 Å². The fourth-order valence-electron chi connectivity index (χ4n) is 2.84. The van der Waals surface area contributed by atoms with E-state index in [0.717, 1.165) is 11.1 Å². The second-order valence-electron chi connectivity index (χ2n) is 8.89. The zero-order valence-electron chi connectivity index (χ0n) is 16.9. The average Bonchev–Trinajstić information content (AvgIpc) is 2.55. The van der Waals surface area contributed by atoms with Gasteiger partial charge >= 0.3 is 5.97 Å². The summed E-state index contributed by atoms with van der Waals surface area (Å²) in [5, 5.41) is 20.4. The highest BCUT2D eigenvalue weighted by atomic mass is 16.4. The second-order valence-corrected chi connectivity index (χ2v) is 8.89. The molecular formula is C23H29NO3. The van der Waals surface area contributed by atoms with E-state index in [1.165, 1.54) is 6.21 Å². The lowest BCUT2D eigenvalue weighted by Gasteiger charge is -2.27. The first kappa shape index (κ1) is 20.7. The van der Waals surface area contributed by atoms with Crippen LogP contribution in [0.3, 0.4) is 0 Å². The van der Waals surface area contributed by atoms with Gasteiger partial charge in [-0.15, -0.1) is 0 Å². The summed E-state index contributed by atoms with van der Waals surface area (Å²) in [5.74, 6) is -0.878. The lowest BCUT2D eigenvalue weighted by Crippen LogP contribution is -2.17. The van der Waals surface area contributed by atoms with Gasteiger partial charge in [0.05, 0.1) is 0 Å². The summed E-state index contributed by atoms with van der Waals surface area (Å²) in [6.45, 7) is 12.4. The summed E-state index contributed by atoms with van der Waals surface area (Å²) in [6, 6.07) is 11.8. The van der Waals surface area contributed by atoms with Crippen molar-refractivity contribution in [3.05, 3.63) is 64.7 Å². The van der Waals surface area contributed by atoms with Gasteiger partial charge in [0.25, 0.3) is 0 Å². The van der Waals surface area contributed by atoms with Crippen LogP contribution in [0.4, 0.5) is 0 Å². The Bertz CT molecular complexity index is 840. The van der Waals surface area contributed by atoms with E-state index in [4.69, 9.17) is 0 Å². The van der Waals surface area contributed by atoms with Gasteiger partial charge in [-0.2, -0.15) is 0 Å². The number of benzene rings is 2. The standard InChI is InChI=1S/C23H29NO3/c1-22(2,3)17-12-16(20(25)18(13-17)23(4,5)6)14-24-19(21(26)27)15-10-8-7-9-11-15/h7-14,19,25H,1-6H3,(H,26,27)/t19-/m0/s1. The lowest BCUT2D eigenvalue weighted by molar-refractivity contribution is -0.138. The van der Waals surface area contributed by atoms with Crippen LogP contribution in [0.15, 0.2) is 47.5 Å². The molecule has 2 aromatic carbocycles. The molecule has 0 saturated heterocycles. The van der Waals surface area contributed by atoms with Gasteiger partial charge in [0.1, 0.15) is 5.75 Å². The molecule has 0 aromatic heterocycles. The third kappa shape index (κ3) is 4.97. The van der Waals surface area contributed by atoms with Crippen molar-refractivity contribution in [2.24, 2.45) is 4.99 Å². The second kappa shape index (κ2) is 7.55. The van der Waals surface area contributed by atoms with Crippen molar-refractivity contribution in [1.82, 2.24) is 0 Å². The molecule has 0 aliphatic carbocycles. The maximum Gasteiger partial charge on any atom is 0.333 e. The Labute approximate surface area is 161 Å². The summed E-state index contributed by atoms with van der Waals surface area (Å²) in [4.78, 5) is 16.0. The van der Waals surface area contributed by atoms with E-state index < -0.39 is 12.0 Å². The maximum atomic E-state index is 11.7. The van der Waals surface area contributed by atoms with Crippen LogP contribution < -0.4 is 0 Å². The molecule has 0 radical (unpaired) electrons. The highest BCUT2D eigenvalue weighted by Crippen LogP contribution is 2.37. The molecule has 0 saturated carbocycles. The van der Waals surface area contributed by atoms with Crippen molar-refractivity contribution in [3.63, 3.8) is 0 Å². The molecule has 27 heavy (non-hydrogen) atoms. The van der Waals surface area contributed by atoms with Crippen molar-refractivity contribution in [1.29, 1.82) is 0 Å². The molecule has 0 unspecified atom stereocenters. The quantitative estimate of drug-likeness (QED) is 0.727. The Morgan fingerprint density at radius 2 is 1.59 bits per heavy atom. The molecule has 0 aliphatic rings. The number of rotatable bonds is 4. The summed E-state index contributed by atoms with van der Waals surface area (Å²) in [5.41, 5.74) is 2.67. The number of hydrogen-bond acceptors (Lipinski definition) is 3. The number of aliphatic imine (C=N–C) groups is 1. The SMILES string of the molecule is CC(C)(C)c1cc(C=N[C@H](C(=O)O)c2ccccc2)c(O)c(C(C)(C)C)c1. The number of nitrogens with zero attached hydrogens (tertiary/aromatic N) is 1. The fourth-order valence-corrected chi connectivity index (χ4v) is 2.84. The highest BCUT2D eigenvalue weighted by Gasteiger charge is 2.25. The monoisotopic (exact) mass is 367 g/mol. The molecule has 0 fully saturated rings. The van der Waals surface area contributed by atoms with E-state index in [-0.39, 0.29) is 16.6 Å². The van der Waals surface area contributed by atoms with Crippen molar-refractivity contribution in [2.75, 3.05) is 0 Å². The first-order chi connectivity index (χ1) is 12.4. The van der Waals surface area contributed by atoms with E-state index in [9.17, 15) is 15.0 Å². The average molecular weight is 367 g/mol. The summed E-state index contributed by atoms with van der Waals surface area (Å²) >= 11 is 0. The van der Waals surface area contributed by atoms with E-state index in [0.29, 0.717) is 11.1 Å². The van der Waals surface area contributed by atoms with Gasteiger partial charge < -0.3 is 10.2 Å². The van der Waals surface area contributed by atoms with Crippen LogP contribution in [0.5, 0.6) is 5.75 Å². The molecule has 2 aromatic rings. The first-order valence-electron chi connectivity index (χ1n) is 9.10. The molecular weight excluding hydrogens is 338 g/mol. The maximum absolute atomic E-state index is 11.7. The fraction of sp³-hybridized carbons (Fsp3) is 0.391. The minimum absolute atomic E-state index is 0.109. The van der Waals surface area contributed by atoms with Crippen molar-refractivity contribution < 1.29 is 15.0 Å². The van der Waals surface area contributed by atoms with Crippen LogP contribution in [0.25, 0.3) is 0 Å². The number of hydrogen-bond donors (Lipinski definition) is 2. The summed E-state index contributed by atoms with van der Waals surface area (Å²) in [6.07, 6.45) is 1.48. The topological polar surface area (TPSA) is 69.9 Å². The molecule has 0 spiro atoms. The van der Waals surface area contributed by atoms with Crippen molar-refractivity contribution >= 4 is 12.2 Å². The number of phenols is 1. The molecule has 0 heterocycles.